The van der Waals surface area contributed by atoms with Crippen LogP contribution in [-0.2, 0) is 10.0 Å². The van der Waals surface area contributed by atoms with Crippen LogP contribution >= 0.6 is 0 Å². The van der Waals surface area contributed by atoms with E-state index in [4.69, 9.17) is 4.74 Å². The van der Waals surface area contributed by atoms with E-state index in [1.54, 1.807) is 36.5 Å². The van der Waals surface area contributed by atoms with Crippen LogP contribution in [0.2, 0.25) is 0 Å². The molecule has 0 spiro atoms. The van der Waals surface area contributed by atoms with E-state index in [-0.39, 0.29) is 4.90 Å². The molecule has 2 rings (SSSR count). The molecule has 0 saturated carbocycles. The maximum absolute atomic E-state index is 12.0. The maximum atomic E-state index is 12.0. The van der Waals surface area contributed by atoms with E-state index in [1.807, 2.05) is 0 Å². The van der Waals surface area contributed by atoms with Gasteiger partial charge in [-0.2, -0.15) is 13.1 Å². The van der Waals surface area contributed by atoms with Crippen LogP contribution in [0.25, 0.3) is 0 Å². The molecular formula is C12H13N2O3S+. The molecule has 6 heteroatoms. The quantitative estimate of drug-likeness (QED) is 0.906. The monoisotopic (exact) mass is 265 g/mol. The lowest BCUT2D eigenvalue weighted by molar-refractivity contribution is -0.360. The molecule has 0 bridgehead atoms. The van der Waals surface area contributed by atoms with E-state index < -0.39 is 10.0 Å². The summed E-state index contributed by atoms with van der Waals surface area (Å²) in [5.74, 6) is 1.02. The summed E-state index contributed by atoms with van der Waals surface area (Å²) in [6, 6.07) is 11.3. The van der Waals surface area contributed by atoms with Crippen LogP contribution in [0.3, 0.4) is 0 Å². The summed E-state index contributed by atoms with van der Waals surface area (Å²) in [7, 11) is -2.05. The number of H-pyrrole nitrogens is 1. The fourth-order valence-electron chi connectivity index (χ4n) is 1.42. The molecule has 94 valence electrons. The number of sulfonamides is 1. The molecule has 0 aliphatic carbocycles. The summed E-state index contributed by atoms with van der Waals surface area (Å²) in [5.41, 5.74) is 0. The third-order valence-corrected chi connectivity index (χ3v) is 3.70. The lowest BCUT2D eigenvalue weighted by Gasteiger charge is -2.03. The first-order valence-corrected chi connectivity index (χ1v) is 6.74. The number of anilines is 1. The van der Waals surface area contributed by atoms with E-state index in [0.29, 0.717) is 11.6 Å². The Labute approximate surface area is 105 Å². The topological polar surface area (TPSA) is 69.5 Å². The summed E-state index contributed by atoms with van der Waals surface area (Å²) >= 11 is 0. The maximum Gasteiger partial charge on any atom is 0.328 e. The molecule has 1 aromatic heterocycles. The Morgan fingerprint density at radius 3 is 2.39 bits per heavy atom. The van der Waals surface area contributed by atoms with Crippen molar-refractivity contribution in [2.45, 2.75) is 4.90 Å². The highest BCUT2D eigenvalue weighted by atomic mass is 32.2. The number of nitrogens with one attached hydrogen (secondary N) is 2. The Bertz CT molecular complexity index is 610. The highest BCUT2D eigenvalue weighted by Crippen LogP contribution is 2.17. The van der Waals surface area contributed by atoms with Crippen molar-refractivity contribution in [2.75, 3.05) is 11.8 Å². The van der Waals surface area contributed by atoms with E-state index in [2.05, 4.69) is 9.71 Å². The Hall–Kier alpha value is -2.08. The smallest absolute Gasteiger partial charge is 0.328 e. The first-order valence-electron chi connectivity index (χ1n) is 5.25. The standard InChI is InChI=1S/C12H12N2O3S/c1-17-10-5-7-11(8-6-10)18(15,16)14-12-4-2-3-9-13-12/h2-9H,1H3,(H,13,14)/p+1. The minimum atomic E-state index is -3.58. The van der Waals surface area contributed by atoms with E-state index in [1.165, 1.54) is 19.2 Å². The zero-order valence-corrected chi connectivity index (χ0v) is 10.6. The number of methoxy groups -OCH3 is 1. The molecular weight excluding hydrogens is 252 g/mol. The predicted octanol–water partition coefficient (Wildman–Crippen LogP) is 1.31. The summed E-state index contributed by atoms with van der Waals surface area (Å²) in [6.07, 6.45) is 1.64. The molecule has 0 atom stereocenters. The van der Waals surface area contributed by atoms with Gasteiger partial charge in [0.1, 0.15) is 10.6 Å². The average molecular weight is 265 g/mol. The van der Waals surface area contributed by atoms with E-state index >= 15 is 0 Å². The molecule has 0 saturated heterocycles. The summed E-state index contributed by atoms with van der Waals surface area (Å²) in [5, 5.41) is 0. The molecule has 0 radical (unpaired) electrons. The van der Waals surface area contributed by atoms with Gasteiger partial charge >= 0.3 is 10.0 Å². The van der Waals surface area contributed by atoms with Crippen molar-refractivity contribution in [2.24, 2.45) is 0 Å². The summed E-state index contributed by atoms with van der Waals surface area (Å²) in [6.45, 7) is 0. The zero-order chi connectivity index (χ0) is 13.0. The van der Waals surface area contributed by atoms with Crippen LogP contribution in [-0.4, -0.2) is 15.5 Å². The van der Waals surface area contributed by atoms with Crippen molar-refractivity contribution in [1.29, 1.82) is 0 Å². The Morgan fingerprint density at radius 1 is 1.11 bits per heavy atom. The summed E-state index contributed by atoms with van der Waals surface area (Å²) < 4.78 is 31.5. The van der Waals surface area contributed by atoms with Gasteiger partial charge in [0.2, 0.25) is 0 Å². The second-order valence-electron chi connectivity index (χ2n) is 3.56. The average Bonchev–Trinajstić information content (AvgIpc) is 2.39. The SMILES string of the molecule is COc1ccc(S(=O)(=O)Nc2cccc[nH+]2)cc1. The van der Waals surface area contributed by atoms with Crippen LogP contribution in [0.4, 0.5) is 5.82 Å². The van der Waals surface area contributed by atoms with Crippen molar-refractivity contribution < 1.29 is 18.1 Å². The number of pyridine rings is 1. The number of benzene rings is 1. The van der Waals surface area contributed by atoms with Crippen molar-refractivity contribution in [3.8, 4) is 5.75 Å². The van der Waals surface area contributed by atoms with Gasteiger partial charge in [0.05, 0.1) is 13.3 Å². The number of hydrogen-bond donors (Lipinski definition) is 1. The number of ether oxygens (including phenoxy) is 1. The fraction of sp³-hybridized carbons (Fsp3) is 0.0833. The van der Waals surface area contributed by atoms with E-state index in [9.17, 15) is 8.42 Å². The predicted molar refractivity (Wildman–Crippen MR) is 66.8 cm³/mol. The summed E-state index contributed by atoms with van der Waals surface area (Å²) in [4.78, 5) is 2.98. The molecule has 0 unspecified atom stereocenters. The van der Waals surface area contributed by atoms with Gasteiger partial charge in [-0.25, -0.2) is 4.98 Å². The lowest BCUT2D eigenvalue weighted by Crippen LogP contribution is -2.19. The van der Waals surface area contributed by atoms with Crippen LogP contribution in [0.5, 0.6) is 5.75 Å². The highest BCUT2D eigenvalue weighted by Gasteiger charge is 2.19. The minimum absolute atomic E-state index is 0.181. The Morgan fingerprint density at radius 2 is 1.83 bits per heavy atom. The molecule has 0 aliphatic heterocycles. The van der Waals surface area contributed by atoms with Gasteiger partial charge in [-0.1, -0.05) is 6.07 Å². The van der Waals surface area contributed by atoms with Gasteiger partial charge in [0.15, 0.2) is 0 Å². The second-order valence-corrected chi connectivity index (χ2v) is 5.24. The fourth-order valence-corrected chi connectivity index (χ4v) is 2.44. The van der Waals surface area contributed by atoms with Crippen molar-refractivity contribution >= 4 is 15.8 Å². The Kier molecular flexibility index (Phi) is 3.47. The van der Waals surface area contributed by atoms with Gasteiger partial charge in [0, 0.05) is 6.07 Å². The third-order valence-electron chi connectivity index (χ3n) is 2.32. The van der Waals surface area contributed by atoms with Gasteiger partial charge in [-0.15, -0.1) is 0 Å². The van der Waals surface area contributed by atoms with Gasteiger partial charge in [0.25, 0.3) is 5.82 Å². The molecule has 1 heterocycles. The molecule has 1 aromatic carbocycles. The highest BCUT2D eigenvalue weighted by molar-refractivity contribution is 7.92. The van der Waals surface area contributed by atoms with Crippen LogP contribution < -0.4 is 14.4 Å². The van der Waals surface area contributed by atoms with Crippen LogP contribution in [0.1, 0.15) is 0 Å². The number of rotatable bonds is 4. The normalized spacial score (nSPS) is 10.9. The van der Waals surface area contributed by atoms with Gasteiger partial charge in [-0.05, 0) is 30.3 Å². The Balaban J connectivity index is 2.25. The molecule has 0 fully saturated rings. The second kappa shape index (κ2) is 5.05. The molecule has 2 aromatic rings. The zero-order valence-electron chi connectivity index (χ0n) is 9.75. The first-order chi connectivity index (χ1) is 8.62. The van der Waals surface area contributed by atoms with Crippen molar-refractivity contribution in [3.63, 3.8) is 0 Å². The largest absolute Gasteiger partial charge is 0.497 e. The minimum Gasteiger partial charge on any atom is -0.497 e. The van der Waals surface area contributed by atoms with Crippen molar-refractivity contribution in [1.82, 2.24) is 0 Å². The molecule has 18 heavy (non-hydrogen) atoms. The molecule has 0 amide bonds. The van der Waals surface area contributed by atoms with Crippen LogP contribution in [0.15, 0.2) is 53.6 Å². The molecule has 5 nitrogen and oxygen atoms in total. The number of hydrogen-bond acceptors (Lipinski definition) is 3. The number of aromatic nitrogens is 1. The number of aromatic amines is 1. The van der Waals surface area contributed by atoms with Crippen molar-refractivity contribution in [3.05, 3.63) is 48.7 Å². The third kappa shape index (κ3) is 2.78. The van der Waals surface area contributed by atoms with Gasteiger partial charge in [-0.3, -0.25) is 0 Å². The van der Waals surface area contributed by atoms with E-state index in [0.717, 1.165) is 0 Å². The molecule has 2 N–H and O–H groups in total. The lowest BCUT2D eigenvalue weighted by atomic mass is 10.3. The molecule has 0 aliphatic rings. The van der Waals surface area contributed by atoms with Gasteiger partial charge < -0.3 is 4.74 Å². The first kappa shape index (κ1) is 12.4. The van der Waals surface area contributed by atoms with Crippen LogP contribution in [0, 0.1) is 0 Å².